The van der Waals surface area contributed by atoms with Gasteiger partial charge in [-0.15, -0.1) is 0 Å². The van der Waals surface area contributed by atoms with E-state index in [4.69, 9.17) is 4.98 Å². The smallest absolute Gasteiger partial charge is 0.190 e. The van der Waals surface area contributed by atoms with Gasteiger partial charge in [0.05, 0.1) is 5.69 Å². The number of anilines is 4. The highest BCUT2D eigenvalue weighted by atomic mass is 32.2. The fourth-order valence-corrected chi connectivity index (χ4v) is 9.99. The summed E-state index contributed by atoms with van der Waals surface area (Å²) >= 11 is 3.61. The number of aromatic nitrogens is 1. The van der Waals surface area contributed by atoms with Crippen molar-refractivity contribution in [2.75, 3.05) is 47.4 Å². The number of hydrogen-bond acceptors (Lipinski definition) is 6. The van der Waals surface area contributed by atoms with Crippen LogP contribution in [0.1, 0.15) is 67.4 Å². The number of piperidine rings is 2. The molecule has 2 saturated heterocycles. The van der Waals surface area contributed by atoms with E-state index in [1.807, 2.05) is 30.0 Å². The SMILES string of the molecule is CCN(c1ccccc1)c1nc(-c2ccccc2F)c(C2c3ccc(N4CCCCC4)cc3Sc3cc(N4CCCCC4)ccc32)s1. The third kappa shape index (κ3) is 5.93. The first-order valence-electron chi connectivity index (χ1n) is 17.2. The number of hydrogen-bond donors (Lipinski definition) is 0. The van der Waals surface area contributed by atoms with Crippen molar-refractivity contribution in [2.45, 2.75) is 61.2 Å². The van der Waals surface area contributed by atoms with Crippen LogP contribution < -0.4 is 14.7 Å². The van der Waals surface area contributed by atoms with Crippen LogP contribution in [0.15, 0.2) is 101 Å². The van der Waals surface area contributed by atoms with Crippen molar-refractivity contribution in [1.82, 2.24) is 4.98 Å². The normalized spacial score (nSPS) is 16.6. The lowest BCUT2D eigenvalue weighted by molar-refractivity contribution is 0.577. The van der Waals surface area contributed by atoms with Gasteiger partial charge in [-0.25, -0.2) is 9.37 Å². The Kier molecular flexibility index (Phi) is 8.68. The van der Waals surface area contributed by atoms with Crippen LogP contribution in [0.2, 0.25) is 0 Å². The predicted molar refractivity (Wildman–Crippen MR) is 197 cm³/mol. The lowest BCUT2D eigenvalue weighted by Gasteiger charge is -2.34. The Balaban J connectivity index is 1.31. The molecule has 3 aliphatic rings. The van der Waals surface area contributed by atoms with Gasteiger partial charge in [-0.2, -0.15) is 0 Å². The number of halogens is 1. The molecule has 0 aliphatic carbocycles. The van der Waals surface area contributed by atoms with Gasteiger partial charge in [0.15, 0.2) is 5.13 Å². The summed E-state index contributed by atoms with van der Waals surface area (Å²) in [4.78, 5) is 16.3. The molecule has 3 aliphatic heterocycles. The Labute approximate surface area is 286 Å². The quantitative estimate of drug-likeness (QED) is 0.170. The van der Waals surface area contributed by atoms with E-state index in [0.717, 1.165) is 54.1 Å². The predicted octanol–water partition coefficient (Wildman–Crippen LogP) is 10.7. The molecular weight excluding hydrogens is 620 g/mol. The van der Waals surface area contributed by atoms with E-state index in [1.165, 1.54) is 70.8 Å². The average molecular weight is 661 g/mol. The van der Waals surface area contributed by atoms with Crippen molar-refractivity contribution in [2.24, 2.45) is 0 Å². The number of para-hydroxylation sites is 1. The van der Waals surface area contributed by atoms with E-state index >= 15 is 4.39 Å². The largest absolute Gasteiger partial charge is 0.372 e. The van der Waals surface area contributed by atoms with E-state index in [-0.39, 0.29) is 11.7 Å². The second kappa shape index (κ2) is 13.4. The van der Waals surface area contributed by atoms with Crippen LogP contribution in [0, 0.1) is 5.82 Å². The van der Waals surface area contributed by atoms with Crippen LogP contribution in [0.3, 0.4) is 0 Å². The maximum atomic E-state index is 15.7. The van der Waals surface area contributed by atoms with Gasteiger partial charge in [-0.1, -0.05) is 65.6 Å². The second-order valence-electron chi connectivity index (χ2n) is 12.8. The summed E-state index contributed by atoms with van der Waals surface area (Å²) in [5.41, 5.74) is 7.58. The van der Waals surface area contributed by atoms with Crippen molar-refractivity contribution in [3.05, 3.63) is 113 Å². The van der Waals surface area contributed by atoms with Crippen molar-refractivity contribution in [3.8, 4) is 11.3 Å². The zero-order chi connectivity index (χ0) is 31.7. The maximum Gasteiger partial charge on any atom is 0.190 e. The van der Waals surface area contributed by atoms with E-state index in [2.05, 4.69) is 82.3 Å². The summed E-state index contributed by atoms with van der Waals surface area (Å²) in [5.74, 6) is -0.290. The molecule has 240 valence electrons. The van der Waals surface area contributed by atoms with Crippen molar-refractivity contribution < 1.29 is 4.39 Å². The number of nitrogens with zero attached hydrogens (tertiary/aromatic N) is 4. The zero-order valence-corrected chi connectivity index (χ0v) is 28.6. The molecule has 7 heteroatoms. The molecule has 1 aromatic heterocycles. The molecule has 4 nitrogen and oxygen atoms in total. The van der Waals surface area contributed by atoms with E-state index < -0.39 is 0 Å². The Morgan fingerprint density at radius 1 is 0.723 bits per heavy atom. The first-order valence-corrected chi connectivity index (χ1v) is 18.8. The molecule has 0 unspecified atom stereocenters. The monoisotopic (exact) mass is 660 g/mol. The number of thiazole rings is 1. The highest BCUT2D eigenvalue weighted by Crippen LogP contribution is 2.54. The fourth-order valence-electron chi connectivity index (χ4n) is 7.48. The van der Waals surface area contributed by atoms with Crippen LogP contribution >= 0.6 is 23.1 Å². The minimum absolute atomic E-state index is 0.0533. The van der Waals surface area contributed by atoms with Crippen molar-refractivity contribution in [3.63, 3.8) is 0 Å². The van der Waals surface area contributed by atoms with Crippen LogP contribution in [0.4, 0.5) is 26.6 Å². The van der Waals surface area contributed by atoms with Crippen molar-refractivity contribution in [1.29, 1.82) is 0 Å². The molecule has 5 aromatic rings. The molecule has 4 heterocycles. The molecule has 0 saturated carbocycles. The van der Waals surface area contributed by atoms with Gasteiger partial charge in [0.1, 0.15) is 5.82 Å². The van der Waals surface area contributed by atoms with Gasteiger partial charge >= 0.3 is 0 Å². The maximum absolute atomic E-state index is 15.7. The molecule has 0 N–H and O–H groups in total. The molecular formula is C40H41FN4S2. The summed E-state index contributed by atoms with van der Waals surface area (Å²) < 4.78 is 15.7. The Morgan fingerprint density at radius 3 is 1.87 bits per heavy atom. The van der Waals surface area contributed by atoms with E-state index in [9.17, 15) is 0 Å². The molecule has 8 rings (SSSR count). The second-order valence-corrected chi connectivity index (χ2v) is 14.9. The Hall–Kier alpha value is -3.81. The first kappa shape index (κ1) is 30.5. The lowest BCUT2D eigenvalue weighted by Crippen LogP contribution is -2.29. The summed E-state index contributed by atoms with van der Waals surface area (Å²) in [6.07, 6.45) is 7.63. The van der Waals surface area contributed by atoms with Gasteiger partial charge in [0.2, 0.25) is 0 Å². The molecule has 0 bridgehead atoms. The highest BCUT2D eigenvalue weighted by molar-refractivity contribution is 7.99. The molecule has 0 radical (unpaired) electrons. The van der Waals surface area contributed by atoms with Gasteiger partial charge in [0.25, 0.3) is 0 Å². The zero-order valence-electron chi connectivity index (χ0n) is 27.0. The summed E-state index contributed by atoms with van der Waals surface area (Å²) in [7, 11) is 0. The Morgan fingerprint density at radius 2 is 1.30 bits per heavy atom. The topological polar surface area (TPSA) is 22.6 Å². The minimum Gasteiger partial charge on any atom is -0.372 e. The third-order valence-electron chi connectivity index (χ3n) is 9.93. The minimum atomic E-state index is -0.236. The van der Waals surface area contributed by atoms with Crippen LogP contribution in [-0.2, 0) is 0 Å². The summed E-state index contributed by atoms with van der Waals surface area (Å²) in [6.45, 7) is 7.38. The molecule has 4 aromatic carbocycles. The average Bonchev–Trinajstić information content (AvgIpc) is 3.56. The number of rotatable bonds is 7. The molecule has 47 heavy (non-hydrogen) atoms. The molecule has 2 fully saturated rings. The van der Waals surface area contributed by atoms with E-state index in [1.54, 1.807) is 23.5 Å². The van der Waals surface area contributed by atoms with Crippen LogP contribution in [0.25, 0.3) is 11.3 Å². The van der Waals surface area contributed by atoms with Gasteiger partial charge in [-0.05, 0) is 105 Å². The summed E-state index contributed by atoms with van der Waals surface area (Å²) in [5, 5.41) is 0.892. The summed E-state index contributed by atoms with van der Waals surface area (Å²) in [6, 6.07) is 31.7. The van der Waals surface area contributed by atoms with Crippen molar-refractivity contribution >= 4 is 45.3 Å². The standard InChI is InChI=1S/C40H41FN4S2/c1-2-45(28-14-6-3-7-15-28)40-42-38(31-16-8-9-17-34(31)41)39(47-40)37-32-20-18-29(43-22-10-4-11-23-43)26-35(32)46-36-27-30(19-21-33(36)37)44-24-12-5-13-25-44/h3,6-9,14-21,26-27,37H,2,4-5,10-13,22-25H2,1H3. The fraction of sp³-hybridized carbons (Fsp3) is 0.325. The molecule has 0 amide bonds. The third-order valence-corrected chi connectivity index (χ3v) is 12.2. The van der Waals surface area contributed by atoms with E-state index in [0.29, 0.717) is 5.56 Å². The van der Waals surface area contributed by atoms with Gasteiger partial charge in [0, 0.05) is 75.9 Å². The van der Waals surface area contributed by atoms with Gasteiger partial charge in [-0.3, -0.25) is 0 Å². The van der Waals surface area contributed by atoms with Crippen LogP contribution in [0.5, 0.6) is 0 Å². The lowest BCUT2D eigenvalue weighted by atomic mass is 9.87. The van der Waals surface area contributed by atoms with Gasteiger partial charge < -0.3 is 14.7 Å². The Bertz CT molecular complexity index is 1790. The molecule has 0 spiro atoms. The molecule has 0 atom stereocenters. The number of fused-ring (bicyclic) bond motifs is 2. The highest BCUT2D eigenvalue weighted by Gasteiger charge is 2.34. The number of benzene rings is 4. The first-order chi connectivity index (χ1) is 23.2. The van der Waals surface area contributed by atoms with Crippen LogP contribution in [-0.4, -0.2) is 37.7 Å².